The van der Waals surface area contributed by atoms with E-state index in [-0.39, 0.29) is 5.78 Å². The monoisotopic (exact) mass is 249 g/mol. The number of hydrogen-bond acceptors (Lipinski definition) is 3. The Morgan fingerprint density at radius 1 is 1.28 bits per heavy atom. The number of Topliss-reactive ketones (excluding diaryl/α,β-unsaturated/α-hetero) is 1. The first kappa shape index (κ1) is 14.7. The number of nitrogens with zero attached hydrogens (tertiary/aromatic N) is 1. The van der Waals surface area contributed by atoms with Gasteiger partial charge in [0, 0.05) is 13.0 Å². The predicted molar refractivity (Wildman–Crippen MR) is 73.9 cm³/mol. The van der Waals surface area contributed by atoms with Crippen molar-refractivity contribution in [2.75, 3.05) is 20.2 Å². The largest absolute Gasteiger partial charge is 0.494 e. The van der Waals surface area contributed by atoms with Gasteiger partial charge in [-0.2, -0.15) is 0 Å². The van der Waals surface area contributed by atoms with E-state index >= 15 is 0 Å². The van der Waals surface area contributed by atoms with Crippen LogP contribution in [-0.2, 0) is 11.3 Å². The third-order valence-corrected chi connectivity index (χ3v) is 2.76. The zero-order valence-electron chi connectivity index (χ0n) is 11.6. The third kappa shape index (κ3) is 5.82. The summed E-state index contributed by atoms with van der Waals surface area (Å²) in [5.74, 6) is 1.19. The molecule has 1 aromatic rings. The SMILES string of the molecule is CCOc1ccc(CN(C)CCCC(C)=O)cc1. The summed E-state index contributed by atoms with van der Waals surface area (Å²) in [6, 6.07) is 8.18. The van der Waals surface area contributed by atoms with Gasteiger partial charge in [-0.3, -0.25) is 0 Å². The minimum atomic E-state index is 0.268. The van der Waals surface area contributed by atoms with Crippen LogP contribution in [0.15, 0.2) is 24.3 Å². The number of hydrogen-bond donors (Lipinski definition) is 0. The minimum Gasteiger partial charge on any atom is -0.494 e. The maximum absolute atomic E-state index is 10.9. The van der Waals surface area contributed by atoms with Crippen LogP contribution in [0.25, 0.3) is 0 Å². The quantitative estimate of drug-likeness (QED) is 0.709. The Hall–Kier alpha value is -1.35. The molecule has 1 rings (SSSR count). The number of benzene rings is 1. The van der Waals surface area contributed by atoms with Crippen molar-refractivity contribution in [3.05, 3.63) is 29.8 Å². The molecule has 100 valence electrons. The van der Waals surface area contributed by atoms with Gasteiger partial charge in [-0.15, -0.1) is 0 Å². The van der Waals surface area contributed by atoms with Crippen molar-refractivity contribution in [1.29, 1.82) is 0 Å². The van der Waals surface area contributed by atoms with Crippen LogP contribution in [0.1, 0.15) is 32.3 Å². The highest BCUT2D eigenvalue weighted by Crippen LogP contribution is 2.13. The molecule has 0 spiro atoms. The minimum absolute atomic E-state index is 0.268. The lowest BCUT2D eigenvalue weighted by Crippen LogP contribution is -2.19. The molecular weight excluding hydrogens is 226 g/mol. The second-order valence-corrected chi connectivity index (χ2v) is 4.62. The second-order valence-electron chi connectivity index (χ2n) is 4.62. The molecular formula is C15H23NO2. The molecule has 18 heavy (non-hydrogen) atoms. The van der Waals surface area contributed by atoms with Gasteiger partial charge in [0.1, 0.15) is 11.5 Å². The molecule has 0 N–H and O–H groups in total. The number of ether oxygens (including phenoxy) is 1. The van der Waals surface area contributed by atoms with Crippen LogP contribution < -0.4 is 4.74 Å². The third-order valence-electron chi connectivity index (χ3n) is 2.76. The summed E-state index contributed by atoms with van der Waals surface area (Å²) in [7, 11) is 2.08. The van der Waals surface area contributed by atoms with Crippen LogP contribution in [0, 0.1) is 0 Å². The molecule has 0 saturated heterocycles. The van der Waals surface area contributed by atoms with Gasteiger partial charge in [0.2, 0.25) is 0 Å². The molecule has 0 atom stereocenters. The topological polar surface area (TPSA) is 29.5 Å². The fraction of sp³-hybridized carbons (Fsp3) is 0.533. The van der Waals surface area contributed by atoms with Crippen molar-refractivity contribution >= 4 is 5.78 Å². The molecule has 0 saturated carbocycles. The summed E-state index contributed by atoms with van der Waals surface area (Å²) in [6.07, 6.45) is 1.61. The fourth-order valence-electron chi connectivity index (χ4n) is 1.85. The van der Waals surface area contributed by atoms with Crippen LogP contribution in [0.4, 0.5) is 0 Å². The van der Waals surface area contributed by atoms with E-state index in [1.165, 1.54) is 5.56 Å². The molecule has 3 heteroatoms. The molecule has 0 unspecified atom stereocenters. The van der Waals surface area contributed by atoms with E-state index in [2.05, 4.69) is 24.1 Å². The van der Waals surface area contributed by atoms with E-state index in [1.807, 2.05) is 19.1 Å². The summed E-state index contributed by atoms with van der Waals surface area (Å²) in [5, 5.41) is 0. The van der Waals surface area contributed by atoms with Crippen LogP contribution >= 0.6 is 0 Å². The zero-order valence-corrected chi connectivity index (χ0v) is 11.6. The van der Waals surface area contributed by atoms with E-state index in [0.717, 1.165) is 25.3 Å². The van der Waals surface area contributed by atoms with E-state index in [4.69, 9.17) is 4.74 Å². The maximum Gasteiger partial charge on any atom is 0.129 e. The molecule has 0 amide bonds. The molecule has 0 bridgehead atoms. The Labute approximate surface area is 110 Å². The van der Waals surface area contributed by atoms with Gasteiger partial charge in [-0.25, -0.2) is 0 Å². The fourth-order valence-corrected chi connectivity index (χ4v) is 1.85. The van der Waals surface area contributed by atoms with Crippen molar-refractivity contribution < 1.29 is 9.53 Å². The van der Waals surface area contributed by atoms with Gasteiger partial charge in [0.05, 0.1) is 6.61 Å². The predicted octanol–water partition coefficient (Wildman–Crippen LogP) is 2.89. The van der Waals surface area contributed by atoms with Gasteiger partial charge in [0.15, 0.2) is 0 Å². The standard InChI is InChI=1S/C15H23NO2/c1-4-18-15-9-7-14(8-10-15)12-16(3)11-5-6-13(2)17/h7-10H,4-6,11-12H2,1-3H3. The molecule has 0 aromatic heterocycles. The van der Waals surface area contributed by atoms with Crippen LogP contribution in [-0.4, -0.2) is 30.9 Å². The van der Waals surface area contributed by atoms with Crippen molar-refractivity contribution in [2.45, 2.75) is 33.2 Å². The Bertz CT molecular complexity index is 359. The van der Waals surface area contributed by atoms with Crippen molar-refractivity contribution in [3.8, 4) is 5.75 Å². The normalized spacial score (nSPS) is 10.7. The van der Waals surface area contributed by atoms with Gasteiger partial charge in [-0.1, -0.05) is 12.1 Å². The van der Waals surface area contributed by atoms with E-state index in [0.29, 0.717) is 13.0 Å². The van der Waals surface area contributed by atoms with Gasteiger partial charge in [0.25, 0.3) is 0 Å². The average molecular weight is 249 g/mol. The maximum atomic E-state index is 10.9. The summed E-state index contributed by atoms with van der Waals surface area (Å²) < 4.78 is 5.41. The summed E-state index contributed by atoms with van der Waals surface area (Å²) >= 11 is 0. The van der Waals surface area contributed by atoms with Crippen molar-refractivity contribution in [1.82, 2.24) is 4.90 Å². The van der Waals surface area contributed by atoms with Crippen molar-refractivity contribution in [3.63, 3.8) is 0 Å². The lowest BCUT2D eigenvalue weighted by molar-refractivity contribution is -0.117. The summed E-state index contributed by atoms with van der Waals surface area (Å²) in [5.41, 5.74) is 1.27. The summed E-state index contributed by atoms with van der Waals surface area (Å²) in [4.78, 5) is 13.1. The molecule has 0 aliphatic heterocycles. The zero-order chi connectivity index (χ0) is 13.4. The Kier molecular flexibility index (Phi) is 6.44. The molecule has 0 aliphatic carbocycles. The smallest absolute Gasteiger partial charge is 0.129 e. The molecule has 3 nitrogen and oxygen atoms in total. The Morgan fingerprint density at radius 2 is 1.94 bits per heavy atom. The van der Waals surface area contributed by atoms with Crippen molar-refractivity contribution in [2.24, 2.45) is 0 Å². The highest BCUT2D eigenvalue weighted by atomic mass is 16.5. The first-order valence-corrected chi connectivity index (χ1v) is 6.51. The van der Waals surface area contributed by atoms with E-state index in [9.17, 15) is 4.79 Å². The first-order valence-electron chi connectivity index (χ1n) is 6.51. The summed E-state index contributed by atoms with van der Waals surface area (Å²) in [6.45, 7) is 6.19. The number of carbonyl (C=O) groups is 1. The van der Waals surface area contributed by atoms with Gasteiger partial charge < -0.3 is 14.4 Å². The lowest BCUT2D eigenvalue weighted by atomic mass is 10.2. The van der Waals surface area contributed by atoms with Gasteiger partial charge >= 0.3 is 0 Å². The van der Waals surface area contributed by atoms with E-state index < -0.39 is 0 Å². The second kappa shape index (κ2) is 7.88. The number of rotatable bonds is 8. The number of ketones is 1. The molecule has 0 fully saturated rings. The highest BCUT2D eigenvalue weighted by Gasteiger charge is 2.02. The van der Waals surface area contributed by atoms with Crippen LogP contribution in [0.5, 0.6) is 5.75 Å². The molecule has 0 radical (unpaired) electrons. The highest BCUT2D eigenvalue weighted by molar-refractivity contribution is 5.75. The van der Waals surface area contributed by atoms with Crippen LogP contribution in [0.2, 0.25) is 0 Å². The van der Waals surface area contributed by atoms with Crippen LogP contribution in [0.3, 0.4) is 0 Å². The van der Waals surface area contributed by atoms with Gasteiger partial charge in [-0.05, 0) is 51.6 Å². The molecule has 1 aromatic carbocycles. The van der Waals surface area contributed by atoms with E-state index in [1.54, 1.807) is 6.92 Å². The lowest BCUT2D eigenvalue weighted by Gasteiger charge is -2.16. The first-order chi connectivity index (χ1) is 8.61. The number of carbonyl (C=O) groups excluding carboxylic acids is 1. The Balaban J connectivity index is 2.34. The molecule has 0 aliphatic rings. The molecule has 0 heterocycles. The Morgan fingerprint density at radius 3 is 2.50 bits per heavy atom. The average Bonchev–Trinajstić information content (AvgIpc) is 2.31.